The van der Waals surface area contributed by atoms with Gasteiger partial charge >= 0.3 is 11.9 Å². The summed E-state index contributed by atoms with van der Waals surface area (Å²) in [5, 5.41) is 9.17. The summed E-state index contributed by atoms with van der Waals surface area (Å²) in [5.74, 6) is 1.51. The molecule has 194 valence electrons. The van der Waals surface area contributed by atoms with Crippen molar-refractivity contribution >= 4 is 23.5 Å². The summed E-state index contributed by atoms with van der Waals surface area (Å²) in [6.45, 7) is 10.2. The molecular weight excluding hydrogens is 444 g/mol. The minimum Gasteiger partial charge on any atom is -0.396 e. The van der Waals surface area contributed by atoms with E-state index in [1.807, 2.05) is 27.7 Å². The zero-order chi connectivity index (χ0) is 25.4. The van der Waals surface area contributed by atoms with Crippen molar-refractivity contribution in [3.63, 3.8) is 0 Å². The molecule has 6 nitrogen and oxygen atoms in total. The largest absolute Gasteiger partial charge is 0.396 e. The summed E-state index contributed by atoms with van der Waals surface area (Å²) in [4.78, 5) is 51.6. The van der Waals surface area contributed by atoms with Gasteiger partial charge in [0.15, 0.2) is 0 Å². The van der Waals surface area contributed by atoms with Crippen molar-refractivity contribution in [3.8, 4) is 0 Å². The first-order chi connectivity index (χ1) is 16.5. The molecule has 12 atom stereocenters. The lowest BCUT2D eigenvalue weighted by Gasteiger charge is -2.47. The van der Waals surface area contributed by atoms with Gasteiger partial charge in [-0.05, 0) is 79.4 Å². The summed E-state index contributed by atoms with van der Waals surface area (Å²) in [5.41, 5.74) is -0.394. The third-order valence-electron chi connectivity index (χ3n) is 10.9. The molecule has 1 N–H and O–H groups in total. The predicted molar refractivity (Wildman–Crippen MR) is 129 cm³/mol. The standard InChI is InChI=1S/C29H42O6/c1-13-17-9-15(10-18(17)21(31)7-6-8-30)22(13)25-19-11-16(12-20(19)26(32)29(3,4)5)24(25)23-14(2)27(33)35-28(23)34/h13-20,22-25,30H,6-12H2,1-5H3. The number of Topliss-reactive ketones (excluding diaryl/α,β-unsaturated/α-hetero) is 2. The molecule has 5 fully saturated rings. The van der Waals surface area contributed by atoms with E-state index in [0.29, 0.717) is 48.1 Å². The Labute approximate surface area is 208 Å². The van der Waals surface area contributed by atoms with Gasteiger partial charge in [-0.2, -0.15) is 0 Å². The van der Waals surface area contributed by atoms with Gasteiger partial charge in [0, 0.05) is 30.3 Å². The monoisotopic (exact) mass is 486 g/mol. The average Bonchev–Trinajstić information content (AvgIpc) is 3.58. The van der Waals surface area contributed by atoms with E-state index < -0.39 is 23.2 Å². The van der Waals surface area contributed by atoms with Crippen molar-refractivity contribution in [2.75, 3.05) is 6.61 Å². The Balaban J connectivity index is 1.45. The van der Waals surface area contributed by atoms with Crippen LogP contribution >= 0.6 is 0 Å². The van der Waals surface area contributed by atoms with Gasteiger partial charge in [-0.25, -0.2) is 0 Å². The van der Waals surface area contributed by atoms with E-state index in [1.54, 1.807) is 0 Å². The maximum atomic E-state index is 13.5. The normalized spacial score (nSPS) is 46.5. The van der Waals surface area contributed by atoms with Gasteiger partial charge in [0.05, 0.1) is 11.8 Å². The number of cyclic esters (lactones) is 2. The van der Waals surface area contributed by atoms with Crippen molar-refractivity contribution < 1.29 is 29.0 Å². The van der Waals surface area contributed by atoms with Gasteiger partial charge in [-0.3, -0.25) is 19.2 Å². The van der Waals surface area contributed by atoms with Crippen molar-refractivity contribution in [1.29, 1.82) is 0 Å². The van der Waals surface area contributed by atoms with Crippen LogP contribution in [0, 0.1) is 76.4 Å². The summed E-state index contributed by atoms with van der Waals surface area (Å²) < 4.78 is 5.11. The molecule has 0 amide bonds. The highest BCUT2D eigenvalue weighted by Gasteiger charge is 2.66. The number of ether oxygens (including phenoxy) is 1. The Kier molecular flexibility index (Phi) is 6.30. The quantitative estimate of drug-likeness (QED) is 0.430. The lowest BCUT2D eigenvalue weighted by atomic mass is 9.56. The molecule has 4 saturated carbocycles. The second kappa shape index (κ2) is 8.78. The third kappa shape index (κ3) is 3.84. The van der Waals surface area contributed by atoms with Gasteiger partial charge < -0.3 is 9.84 Å². The van der Waals surface area contributed by atoms with Crippen LogP contribution in [0.4, 0.5) is 0 Å². The highest BCUT2D eigenvalue weighted by atomic mass is 16.6. The maximum Gasteiger partial charge on any atom is 0.317 e. The molecule has 4 bridgehead atoms. The molecule has 5 rings (SSSR count). The predicted octanol–water partition coefficient (Wildman–Crippen LogP) is 4.08. The number of carbonyl (C=O) groups excluding carboxylic acids is 4. The molecule has 12 unspecified atom stereocenters. The Hall–Kier alpha value is -1.56. The van der Waals surface area contributed by atoms with E-state index >= 15 is 0 Å². The zero-order valence-electron chi connectivity index (χ0n) is 21.9. The number of aliphatic hydroxyl groups excluding tert-OH is 1. The molecule has 35 heavy (non-hydrogen) atoms. The SMILES string of the molecule is CC1C(=O)OC(=O)C1C1C2CC(C(=O)C(C)(C)C)C(C2)C1C1C2CC(C(=O)CCCO)C(C2)C1C. The molecule has 0 aromatic rings. The van der Waals surface area contributed by atoms with Crippen LogP contribution in [0.25, 0.3) is 0 Å². The van der Waals surface area contributed by atoms with Gasteiger partial charge in [-0.15, -0.1) is 0 Å². The highest BCUT2D eigenvalue weighted by Crippen LogP contribution is 2.68. The van der Waals surface area contributed by atoms with Crippen LogP contribution in [0.15, 0.2) is 0 Å². The molecule has 0 aromatic heterocycles. The molecule has 1 saturated heterocycles. The summed E-state index contributed by atoms with van der Waals surface area (Å²) in [6.07, 6.45) is 4.71. The fourth-order valence-electron chi connectivity index (χ4n) is 9.68. The summed E-state index contributed by atoms with van der Waals surface area (Å²) >= 11 is 0. The Morgan fingerprint density at radius 2 is 1.51 bits per heavy atom. The smallest absolute Gasteiger partial charge is 0.317 e. The van der Waals surface area contributed by atoms with Gasteiger partial charge in [-0.1, -0.05) is 34.6 Å². The minimum atomic E-state index is -0.423. The first kappa shape index (κ1) is 25.1. The lowest BCUT2D eigenvalue weighted by Crippen LogP contribution is -2.47. The highest BCUT2D eigenvalue weighted by molar-refractivity contribution is 5.96. The van der Waals surface area contributed by atoms with Gasteiger partial charge in [0.2, 0.25) is 0 Å². The second-order valence-corrected chi connectivity index (χ2v) is 13.6. The molecule has 0 aromatic carbocycles. The van der Waals surface area contributed by atoms with Gasteiger partial charge in [0.1, 0.15) is 11.6 Å². The fourth-order valence-corrected chi connectivity index (χ4v) is 9.68. The van der Waals surface area contributed by atoms with E-state index in [1.165, 1.54) is 0 Å². The number of aliphatic hydroxyl groups is 1. The van der Waals surface area contributed by atoms with Crippen LogP contribution in [0.1, 0.15) is 73.1 Å². The second-order valence-electron chi connectivity index (χ2n) is 13.6. The molecule has 4 aliphatic carbocycles. The van der Waals surface area contributed by atoms with Crippen molar-refractivity contribution in [3.05, 3.63) is 0 Å². The van der Waals surface area contributed by atoms with Crippen molar-refractivity contribution in [2.45, 2.75) is 73.1 Å². The van der Waals surface area contributed by atoms with E-state index in [-0.39, 0.29) is 48.1 Å². The average molecular weight is 487 g/mol. The number of hydrogen-bond acceptors (Lipinski definition) is 6. The Morgan fingerprint density at radius 3 is 2.09 bits per heavy atom. The van der Waals surface area contributed by atoms with E-state index in [0.717, 1.165) is 25.7 Å². The van der Waals surface area contributed by atoms with Crippen LogP contribution in [0.5, 0.6) is 0 Å². The fraction of sp³-hybridized carbons (Fsp3) is 0.862. The number of ketones is 2. The third-order valence-corrected chi connectivity index (χ3v) is 10.9. The topological polar surface area (TPSA) is 97.7 Å². The van der Waals surface area contributed by atoms with E-state index in [2.05, 4.69) is 6.92 Å². The van der Waals surface area contributed by atoms with Gasteiger partial charge in [0.25, 0.3) is 0 Å². The van der Waals surface area contributed by atoms with Crippen LogP contribution in [-0.4, -0.2) is 35.2 Å². The number of carbonyl (C=O) groups is 4. The van der Waals surface area contributed by atoms with E-state index in [9.17, 15) is 19.2 Å². The Morgan fingerprint density at radius 1 is 0.886 bits per heavy atom. The lowest BCUT2D eigenvalue weighted by molar-refractivity contribution is -0.154. The van der Waals surface area contributed by atoms with Crippen molar-refractivity contribution in [2.24, 2.45) is 76.4 Å². The number of esters is 2. The molecule has 5 aliphatic rings. The number of fused-ring (bicyclic) bond motifs is 4. The Bertz CT molecular complexity index is 915. The number of rotatable bonds is 7. The van der Waals surface area contributed by atoms with E-state index in [4.69, 9.17) is 9.84 Å². The first-order valence-corrected chi connectivity index (χ1v) is 13.9. The summed E-state index contributed by atoms with van der Waals surface area (Å²) in [6, 6.07) is 0. The minimum absolute atomic E-state index is 0.0259. The molecule has 1 heterocycles. The molecule has 0 spiro atoms. The zero-order valence-corrected chi connectivity index (χ0v) is 21.9. The number of hydrogen-bond donors (Lipinski definition) is 1. The molecule has 6 heteroatoms. The maximum absolute atomic E-state index is 13.5. The summed E-state index contributed by atoms with van der Waals surface area (Å²) in [7, 11) is 0. The van der Waals surface area contributed by atoms with Crippen LogP contribution < -0.4 is 0 Å². The van der Waals surface area contributed by atoms with Crippen LogP contribution in [0.2, 0.25) is 0 Å². The van der Waals surface area contributed by atoms with Crippen molar-refractivity contribution in [1.82, 2.24) is 0 Å². The van der Waals surface area contributed by atoms with Crippen LogP contribution in [0.3, 0.4) is 0 Å². The van der Waals surface area contributed by atoms with Crippen LogP contribution in [-0.2, 0) is 23.9 Å². The first-order valence-electron chi connectivity index (χ1n) is 13.9. The molecule has 1 aliphatic heterocycles. The molecule has 0 radical (unpaired) electrons. The molecular formula is C29H42O6.